The Morgan fingerprint density at radius 3 is 2.00 bits per heavy atom. The summed E-state index contributed by atoms with van der Waals surface area (Å²) in [4.78, 5) is 19.2. The Morgan fingerprint density at radius 1 is 0.867 bits per heavy atom. The molecule has 248 valence electrons. The topological polar surface area (TPSA) is 41.9 Å². The Bertz CT molecular complexity index is 1240. The molecule has 1 aliphatic rings. The number of amides is 1. The number of nitrogens with zero attached hydrogens (tertiary/aromatic N) is 2. The highest BCUT2D eigenvalue weighted by atomic mass is 16.5. The summed E-state index contributed by atoms with van der Waals surface area (Å²) in [6.45, 7) is 17.2. The number of hydrogen-bond acceptors (Lipinski definition) is 3. The van der Waals surface area contributed by atoms with Crippen molar-refractivity contribution in [3.63, 3.8) is 0 Å². The van der Waals surface area contributed by atoms with Gasteiger partial charge in [-0.2, -0.15) is 0 Å². The van der Waals surface area contributed by atoms with Crippen molar-refractivity contribution in [3.05, 3.63) is 70.8 Å². The number of dihydropyridines is 1. The third-order valence-electron chi connectivity index (χ3n) is 9.49. The summed E-state index contributed by atoms with van der Waals surface area (Å²) in [6, 6.07) is 15.0. The van der Waals surface area contributed by atoms with E-state index < -0.39 is 0 Å². The molecule has 1 amide bonds. The van der Waals surface area contributed by atoms with Crippen LogP contribution in [0.15, 0.2) is 59.1 Å². The minimum Gasteiger partial charge on any atom is -0.493 e. The number of benzene rings is 2. The van der Waals surface area contributed by atoms with Gasteiger partial charge in [-0.15, -0.1) is 0 Å². The van der Waals surface area contributed by atoms with E-state index >= 15 is 0 Å². The normalized spacial score (nSPS) is 16.5. The molecule has 0 radical (unpaired) electrons. The van der Waals surface area contributed by atoms with Crippen LogP contribution in [-0.2, 0) is 23.2 Å². The number of carbonyl (C=O) groups excluding carboxylic acids is 1. The second-order valence-electron chi connectivity index (χ2n) is 14.7. The van der Waals surface area contributed by atoms with Crippen molar-refractivity contribution < 1.29 is 9.53 Å². The molecule has 2 aromatic rings. The van der Waals surface area contributed by atoms with E-state index in [1.165, 1.54) is 87.3 Å². The number of ether oxygens (including phenoxy) is 1. The molecule has 0 aliphatic carbocycles. The molecule has 45 heavy (non-hydrogen) atoms. The number of aliphatic imine (C=N–C) groups is 1. The fraction of sp³-hybridized carbons (Fsp3) is 0.610. The smallest absolute Gasteiger partial charge is 0.224 e. The maximum Gasteiger partial charge on any atom is 0.224 e. The summed E-state index contributed by atoms with van der Waals surface area (Å²) in [5, 5.41) is 0. The van der Waals surface area contributed by atoms with Crippen molar-refractivity contribution in [3.8, 4) is 5.75 Å². The molecule has 0 spiro atoms. The van der Waals surface area contributed by atoms with Gasteiger partial charge in [-0.3, -0.25) is 9.79 Å². The first-order chi connectivity index (χ1) is 21.5. The van der Waals surface area contributed by atoms with Gasteiger partial charge in [0.25, 0.3) is 0 Å². The number of allylic oxidation sites excluding steroid dienone is 1. The lowest BCUT2D eigenvalue weighted by molar-refractivity contribution is -0.116. The van der Waals surface area contributed by atoms with Crippen LogP contribution in [0.2, 0.25) is 0 Å². The highest BCUT2D eigenvalue weighted by Gasteiger charge is 2.28. The van der Waals surface area contributed by atoms with E-state index in [2.05, 4.69) is 95.1 Å². The lowest BCUT2D eigenvalue weighted by atomic mass is 9.76. The Kier molecular flexibility index (Phi) is 14.9. The molecular weight excluding hydrogens is 552 g/mol. The highest BCUT2D eigenvalue weighted by molar-refractivity contribution is 5.91. The third-order valence-corrected chi connectivity index (χ3v) is 9.49. The summed E-state index contributed by atoms with van der Waals surface area (Å²) in [5.74, 6) is 1.01. The Balaban J connectivity index is 1.52. The van der Waals surface area contributed by atoms with Crippen LogP contribution in [0, 0.1) is 5.41 Å². The molecule has 1 aliphatic heterocycles. The van der Waals surface area contributed by atoms with Gasteiger partial charge in [-0.1, -0.05) is 129 Å². The van der Waals surface area contributed by atoms with Crippen LogP contribution in [0.1, 0.15) is 142 Å². The van der Waals surface area contributed by atoms with Gasteiger partial charge < -0.3 is 9.64 Å². The molecule has 1 unspecified atom stereocenters. The molecule has 2 aromatic carbocycles. The first-order valence-electron chi connectivity index (χ1n) is 17.8. The molecule has 0 fully saturated rings. The van der Waals surface area contributed by atoms with Crippen molar-refractivity contribution in [2.24, 2.45) is 10.4 Å². The summed E-state index contributed by atoms with van der Waals surface area (Å²) < 4.78 is 6.35. The molecule has 0 bridgehead atoms. The van der Waals surface area contributed by atoms with Gasteiger partial charge in [0, 0.05) is 30.8 Å². The molecule has 0 saturated carbocycles. The largest absolute Gasteiger partial charge is 0.493 e. The fourth-order valence-electron chi connectivity index (χ4n) is 6.26. The van der Waals surface area contributed by atoms with Crippen molar-refractivity contribution in [2.45, 2.75) is 144 Å². The number of rotatable bonds is 19. The predicted octanol–water partition coefficient (Wildman–Crippen LogP) is 11.2. The van der Waals surface area contributed by atoms with Crippen LogP contribution < -0.4 is 9.64 Å². The van der Waals surface area contributed by atoms with Crippen molar-refractivity contribution in [1.82, 2.24) is 0 Å². The lowest BCUT2D eigenvalue weighted by Gasteiger charge is -2.31. The van der Waals surface area contributed by atoms with Crippen LogP contribution in [0.25, 0.3) is 0 Å². The van der Waals surface area contributed by atoms with Gasteiger partial charge in [0.1, 0.15) is 5.75 Å². The minimum absolute atomic E-state index is 0.0383. The summed E-state index contributed by atoms with van der Waals surface area (Å²) in [6.07, 6.45) is 21.1. The van der Waals surface area contributed by atoms with Crippen LogP contribution in [0.3, 0.4) is 0 Å². The summed E-state index contributed by atoms with van der Waals surface area (Å²) in [7, 11) is 0. The van der Waals surface area contributed by atoms with E-state index in [0.717, 1.165) is 43.0 Å². The molecule has 0 saturated heterocycles. The fourth-order valence-corrected chi connectivity index (χ4v) is 6.26. The molecular formula is C41H62N2O2. The van der Waals surface area contributed by atoms with E-state index in [-0.39, 0.29) is 16.7 Å². The maximum atomic E-state index is 12.8. The average molecular weight is 615 g/mol. The number of carbonyl (C=O) groups is 1. The molecule has 4 nitrogen and oxygen atoms in total. The quantitative estimate of drug-likeness (QED) is 0.148. The number of hydrogen-bond donors (Lipinski definition) is 0. The van der Waals surface area contributed by atoms with Gasteiger partial charge in [0.05, 0.1) is 13.2 Å². The van der Waals surface area contributed by atoms with E-state index in [4.69, 9.17) is 4.74 Å². The zero-order chi connectivity index (χ0) is 32.7. The second kappa shape index (κ2) is 18.3. The van der Waals surface area contributed by atoms with E-state index in [9.17, 15) is 4.79 Å². The number of anilines is 1. The van der Waals surface area contributed by atoms with E-state index in [1.54, 1.807) is 6.92 Å². The van der Waals surface area contributed by atoms with Gasteiger partial charge in [0.15, 0.2) is 0 Å². The Hall–Kier alpha value is -2.88. The monoisotopic (exact) mass is 614 g/mol. The van der Waals surface area contributed by atoms with Crippen molar-refractivity contribution in [1.29, 1.82) is 0 Å². The van der Waals surface area contributed by atoms with Crippen molar-refractivity contribution in [2.75, 3.05) is 18.1 Å². The second-order valence-corrected chi connectivity index (χ2v) is 14.7. The van der Waals surface area contributed by atoms with Gasteiger partial charge in [-0.05, 0) is 72.2 Å². The predicted molar refractivity (Wildman–Crippen MR) is 194 cm³/mol. The summed E-state index contributed by atoms with van der Waals surface area (Å²) >= 11 is 0. The zero-order valence-corrected chi connectivity index (χ0v) is 29.7. The third kappa shape index (κ3) is 12.1. The van der Waals surface area contributed by atoms with Gasteiger partial charge in [-0.25, -0.2) is 0 Å². The molecule has 3 rings (SSSR count). The maximum absolute atomic E-state index is 12.8. The van der Waals surface area contributed by atoms with Crippen LogP contribution in [0.4, 0.5) is 5.69 Å². The average Bonchev–Trinajstić information content (AvgIpc) is 3.00. The first-order valence-corrected chi connectivity index (χ1v) is 17.8. The highest BCUT2D eigenvalue weighted by Crippen LogP contribution is 2.35. The van der Waals surface area contributed by atoms with Crippen LogP contribution in [0.5, 0.6) is 5.75 Å². The van der Waals surface area contributed by atoms with E-state index in [1.807, 2.05) is 11.1 Å². The first kappa shape index (κ1) is 36.6. The molecule has 1 atom stereocenters. The standard InChI is InChI=1S/C41H62N2O2/c1-8-9-10-11-12-13-14-15-16-17-18-19-28-45-39-25-22-36(29-38(39)40(4,5)6)31-43(34(3)44)37-23-20-35(21-24-37)30-41(7)32-42-27-26-33(41)2/h20-27,29H,8-19,28,30-32H2,1-7H3. The van der Waals surface area contributed by atoms with Gasteiger partial charge >= 0.3 is 0 Å². The van der Waals surface area contributed by atoms with Gasteiger partial charge in [0.2, 0.25) is 5.91 Å². The van der Waals surface area contributed by atoms with Crippen LogP contribution in [-0.4, -0.2) is 25.3 Å². The Morgan fingerprint density at radius 2 is 1.44 bits per heavy atom. The molecule has 4 heteroatoms. The zero-order valence-electron chi connectivity index (χ0n) is 29.7. The summed E-state index contributed by atoms with van der Waals surface area (Å²) in [5.41, 5.74) is 5.85. The molecule has 0 aromatic heterocycles. The van der Waals surface area contributed by atoms with E-state index in [0.29, 0.717) is 6.54 Å². The lowest BCUT2D eigenvalue weighted by Crippen LogP contribution is -2.28. The SMILES string of the molecule is CCCCCCCCCCCCCCOc1ccc(CN(C(C)=O)c2ccc(CC3(C)CN=CC=C3C)cc2)cc1C(C)(C)C. The minimum atomic E-state index is -0.0591. The molecule has 1 heterocycles. The van der Waals surface area contributed by atoms with Crippen LogP contribution >= 0.6 is 0 Å². The van der Waals surface area contributed by atoms with Crippen molar-refractivity contribution >= 4 is 17.8 Å². The molecule has 0 N–H and O–H groups in total. The number of unbranched alkanes of at least 4 members (excludes halogenated alkanes) is 11. The Labute approximate surface area is 275 Å².